The molecule has 0 spiro atoms. The van der Waals surface area contributed by atoms with E-state index in [1.165, 1.54) is 35.2 Å². The monoisotopic (exact) mass is 255 g/mol. The molecule has 1 nitrogen and oxygen atoms in total. The van der Waals surface area contributed by atoms with Crippen molar-refractivity contribution in [1.82, 2.24) is 0 Å². The molecule has 0 fully saturated rings. The third-order valence-corrected chi connectivity index (χ3v) is 3.66. The summed E-state index contributed by atoms with van der Waals surface area (Å²) in [6, 6.07) is 6.60. The van der Waals surface area contributed by atoms with Crippen molar-refractivity contribution < 1.29 is 0 Å². The molecule has 0 radical (unpaired) electrons. The van der Waals surface area contributed by atoms with Gasteiger partial charge in [-0.25, -0.2) is 0 Å². The second-order valence-corrected chi connectivity index (χ2v) is 5.75. The topological polar surface area (TPSA) is 12.0 Å². The number of fused-ring (bicyclic) bond motifs is 1. The maximum absolute atomic E-state index is 3.49. The molecular weight excluding hydrogens is 230 g/mol. The molecule has 1 aliphatic rings. The first-order valence-electron chi connectivity index (χ1n) is 7.34. The fourth-order valence-corrected chi connectivity index (χ4v) is 2.50. The Labute approximate surface area is 117 Å². The molecule has 0 amide bonds. The predicted molar refractivity (Wildman–Crippen MR) is 85.5 cm³/mol. The highest BCUT2D eigenvalue weighted by Gasteiger charge is 2.11. The molecule has 102 valence electrons. The van der Waals surface area contributed by atoms with Gasteiger partial charge < -0.3 is 5.32 Å². The first-order valence-corrected chi connectivity index (χ1v) is 7.34. The number of anilines is 1. The summed E-state index contributed by atoms with van der Waals surface area (Å²) in [7, 11) is 0. The van der Waals surface area contributed by atoms with Crippen LogP contribution in [0.15, 0.2) is 35.9 Å². The minimum Gasteiger partial charge on any atom is -0.384 e. The van der Waals surface area contributed by atoms with Gasteiger partial charge in [-0.05, 0) is 50.2 Å². The molecule has 0 aromatic heterocycles. The smallest absolute Gasteiger partial charge is 0.0447 e. The highest BCUT2D eigenvalue weighted by Crippen LogP contribution is 2.27. The van der Waals surface area contributed by atoms with Gasteiger partial charge in [0, 0.05) is 12.2 Å². The van der Waals surface area contributed by atoms with Gasteiger partial charge in [0.2, 0.25) is 0 Å². The van der Waals surface area contributed by atoms with Crippen LogP contribution in [0.3, 0.4) is 0 Å². The number of benzene rings is 1. The fourth-order valence-electron chi connectivity index (χ4n) is 2.50. The summed E-state index contributed by atoms with van der Waals surface area (Å²) >= 11 is 0. The molecule has 2 rings (SSSR count). The first kappa shape index (κ1) is 13.9. The van der Waals surface area contributed by atoms with E-state index < -0.39 is 0 Å². The van der Waals surface area contributed by atoms with Gasteiger partial charge in [0.05, 0.1) is 0 Å². The molecule has 0 bridgehead atoms. The van der Waals surface area contributed by atoms with Crippen molar-refractivity contribution in [2.24, 2.45) is 5.92 Å². The van der Waals surface area contributed by atoms with E-state index in [0.29, 0.717) is 5.92 Å². The Balaban J connectivity index is 1.95. The van der Waals surface area contributed by atoms with Crippen LogP contribution in [0.4, 0.5) is 5.69 Å². The van der Waals surface area contributed by atoms with E-state index in [9.17, 15) is 0 Å². The molecule has 1 aromatic rings. The average molecular weight is 255 g/mol. The van der Waals surface area contributed by atoms with Crippen LogP contribution in [-0.4, -0.2) is 6.54 Å². The van der Waals surface area contributed by atoms with Gasteiger partial charge in [0.25, 0.3) is 0 Å². The summed E-state index contributed by atoms with van der Waals surface area (Å²) in [6.07, 6.45) is 10.5. The van der Waals surface area contributed by atoms with Gasteiger partial charge in [0.15, 0.2) is 0 Å². The molecule has 0 aliphatic carbocycles. The van der Waals surface area contributed by atoms with E-state index in [1.807, 2.05) is 0 Å². The third kappa shape index (κ3) is 3.99. The highest BCUT2D eigenvalue weighted by molar-refractivity contribution is 5.72. The molecule has 1 aliphatic heterocycles. The standard InChI is InChI=1S/C18H25N/c1-14(2)6-4-7-15(3)10-11-16-8-5-9-17-12-13-19-18(16)17/h5-6,8-11,15,19H,4,7,12-13H2,1-3H3/b11-10+/t15-/m1/s1. The number of allylic oxidation sites excluding steroid dienone is 3. The first-order chi connectivity index (χ1) is 9.16. The Morgan fingerprint density at radius 1 is 1.37 bits per heavy atom. The van der Waals surface area contributed by atoms with Crippen LogP contribution >= 0.6 is 0 Å². The zero-order chi connectivity index (χ0) is 13.7. The summed E-state index contributed by atoms with van der Waals surface area (Å²) in [5.41, 5.74) is 5.56. The number of hydrogen-bond donors (Lipinski definition) is 1. The minimum atomic E-state index is 0.632. The number of rotatable bonds is 5. The lowest BCUT2D eigenvalue weighted by Crippen LogP contribution is -1.93. The summed E-state index contributed by atoms with van der Waals surface area (Å²) in [6.45, 7) is 7.71. The number of hydrogen-bond acceptors (Lipinski definition) is 1. The zero-order valence-electron chi connectivity index (χ0n) is 12.4. The van der Waals surface area contributed by atoms with Crippen molar-refractivity contribution in [3.8, 4) is 0 Å². The van der Waals surface area contributed by atoms with Crippen LogP contribution in [0.2, 0.25) is 0 Å². The SMILES string of the molecule is CC(C)=CCC[C@@H](C)/C=C/c1cccc2c1NCC2. The van der Waals surface area contributed by atoms with Crippen LogP contribution in [0, 0.1) is 5.92 Å². The summed E-state index contributed by atoms with van der Waals surface area (Å²) in [5.74, 6) is 0.632. The van der Waals surface area contributed by atoms with Crippen LogP contribution in [-0.2, 0) is 6.42 Å². The molecule has 1 N–H and O–H groups in total. The summed E-state index contributed by atoms with van der Waals surface area (Å²) < 4.78 is 0. The second-order valence-electron chi connectivity index (χ2n) is 5.75. The van der Waals surface area contributed by atoms with Crippen molar-refractivity contribution in [2.45, 2.75) is 40.0 Å². The molecule has 1 heterocycles. The Morgan fingerprint density at radius 2 is 2.21 bits per heavy atom. The Hall–Kier alpha value is -1.50. The van der Waals surface area contributed by atoms with Gasteiger partial charge in [-0.2, -0.15) is 0 Å². The largest absolute Gasteiger partial charge is 0.384 e. The molecule has 19 heavy (non-hydrogen) atoms. The Kier molecular flexibility index (Phi) is 4.84. The highest BCUT2D eigenvalue weighted by atomic mass is 14.9. The Morgan fingerprint density at radius 3 is 3.00 bits per heavy atom. The van der Waals surface area contributed by atoms with Crippen molar-refractivity contribution >= 4 is 11.8 Å². The van der Waals surface area contributed by atoms with Crippen molar-refractivity contribution in [1.29, 1.82) is 0 Å². The van der Waals surface area contributed by atoms with Gasteiger partial charge in [-0.3, -0.25) is 0 Å². The number of nitrogens with one attached hydrogen (secondary N) is 1. The van der Waals surface area contributed by atoms with Crippen molar-refractivity contribution in [2.75, 3.05) is 11.9 Å². The van der Waals surface area contributed by atoms with E-state index in [2.05, 4.69) is 62.5 Å². The van der Waals surface area contributed by atoms with E-state index >= 15 is 0 Å². The van der Waals surface area contributed by atoms with Crippen molar-refractivity contribution in [3.63, 3.8) is 0 Å². The van der Waals surface area contributed by atoms with Crippen LogP contribution < -0.4 is 5.32 Å². The summed E-state index contributed by atoms with van der Waals surface area (Å²) in [4.78, 5) is 0. The minimum absolute atomic E-state index is 0.632. The lowest BCUT2D eigenvalue weighted by Gasteiger charge is -2.07. The maximum Gasteiger partial charge on any atom is 0.0447 e. The van der Waals surface area contributed by atoms with E-state index in [1.54, 1.807) is 0 Å². The molecule has 1 heteroatoms. The average Bonchev–Trinajstić information content (AvgIpc) is 2.84. The molecule has 0 unspecified atom stereocenters. The van der Waals surface area contributed by atoms with Crippen LogP contribution in [0.5, 0.6) is 0 Å². The lowest BCUT2D eigenvalue weighted by atomic mass is 10.0. The van der Waals surface area contributed by atoms with E-state index in [0.717, 1.165) is 13.0 Å². The van der Waals surface area contributed by atoms with Gasteiger partial charge >= 0.3 is 0 Å². The Bertz CT molecular complexity index is 478. The van der Waals surface area contributed by atoms with Gasteiger partial charge in [0.1, 0.15) is 0 Å². The maximum atomic E-state index is 3.49. The molecule has 1 atom stereocenters. The zero-order valence-corrected chi connectivity index (χ0v) is 12.4. The lowest BCUT2D eigenvalue weighted by molar-refractivity contribution is 0.659. The van der Waals surface area contributed by atoms with Gasteiger partial charge in [-0.1, -0.05) is 48.9 Å². The van der Waals surface area contributed by atoms with Crippen LogP contribution in [0.1, 0.15) is 44.7 Å². The van der Waals surface area contributed by atoms with E-state index in [4.69, 9.17) is 0 Å². The quantitative estimate of drug-likeness (QED) is 0.726. The normalized spacial score (nSPS) is 15.1. The van der Waals surface area contributed by atoms with Gasteiger partial charge in [-0.15, -0.1) is 0 Å². The predicted octanol–water partition coefficient (Wildman–Crippen LogP) is 5.05. The number of para-hydroxylation sites is 1. The summed E-state index contributed by atoms with van der Waals surface area (Å²) in [5, 5.41) is 3.49. The van der Waals surface area contributed by atoms with E-state index in [-0.39, 0.29) is 0 Å². The fraction of sp³-hybridized carbons (Fsp3) is 0.444. The third-order valence-electron chi connectivity index (χ3n) is 3.66. The van der Waals surface area contributed by atoms with Crippen LogP contribution in [0.25, 0.3) is 6.08 Å². The molecule has 0 saturated carbocycles. The molecule has 1 aromatic carbocycles. The van der Waals surface area contributed by atoms with Crippen molar-refractivity contribution in [3.05, 3.63) is 47.1 Å². The second kappa shape index (κ2) is 6.60. The molecular formula is C18H25N. The molecule has 0 saturated heterocycles.